The molecule has 1 unspecified atom stereocenters. The van der Waals surface area contributed by atoms with Crippen molar-refractivity contribution in [3.63, 3.8) is 0 Å². The number of benzene rings is 1. The summed E-state index contributed by atoms with van der Waals surface area (Å²) in [7, 11) is 0. The van der Waals surface area contributed by atoms with Crippen LogP contribution in [0.1, 0.15) is 30.1 Å². The fraction of sp³-hybridized carbons (Fsp3) is 0.500. The number of aromatic carboxylic acids is 1. The van der Waals surface area contributed by atoms with Crippen LogP contribution < -0.4 is 5.32 Å². The molecule has 0 spiro atoms. The van der Waals surface area contributed by atoms with Crippen LogP contribution in [0.15, 0.2) is 18.2 Å². The van der Waals surface area contributed by atoms with Gasteiger partial charge in [0.05, 0.1) is 11.3 Å². The maximum Gasteiger partial charge on any atom is 0.337 e. The van der Waals surface area contributed by atoms with E-state index in [0.29, 0.717) is 12.6 Å². The molecule has 0 saturated carbocycles. The van der Waals surface area contributed by atoms with Crippen LogP contribution in [0.5, 0.6) is 0 Å². The Hall–Kier alpha value is -1.62. The van der Waals surface area contributed by atoms with E-state index in [4.69, 9.17) is 5.11 Å². The van der Waals surface area contributed by atoms with E-state index in [-0.39, 0.29) is 11.3 Å². The molecule has 1 saturated heterocycles. The zero-order chi connectivity index (χ0) is 13.8. The standard InChI is InChI=1S/C14H19FN2O2/c1-2-17-8-4-5-10(17)9-16-13-11(14(18)19)6-3-7-12(13)15/h3,6-7,10,16H,2,4-5,8-9H2,1H3,(H,18,19). The number of carboxylic acids is 1. The number of likely N-dealkylation sites (tertiary alicyclic amines) is 1. The SMILES string of the molecule is CCN1CCCC1CNc1c(F)cccc1C(=O)O. The van der Waals surface area contributed by atoms with Gasteiger partial charge in [-0.1, -0.05) is 13.0 Å². The Morgan fingerprint density at radius 2 is 2.37 bits per heavy atom. The van der Waals surface area contributed by atoms with Gasteiger partial charge in [0, 0.05) is 12.6 Å². The molecule has 0 bridgehead atoms. The summed E-state index contributed by atoms with van der Waals surface area (Å²) in [5.74, 6) is -1.62. The van der Waals surface area contributed by atoms with Gasteiger partial charge >= 0.3 is 5.97 Å². The highest BCUT2D eigenvalue weighted by Crippen LogP contribution is 2.22. The molecule has 1 aliphatic rings. The number of hydrogen-bond donors (Lipinski definition) is 2. The topological polar surface area (TPSA) is 52.6 Å². The zero-order valence-corrected chi connectivity index (χ0v) is 11.0. The summed E-state index contributed by atoms with van der Waals surface area (Å²) in [6, 6.07) is 4.46. The van der Waals surface area contributed by atoms with Crippen molar-refractivity contribution in [2.45, 2.75) is 25.8 Å². The Balaban J connectivity index is 2.09. The lowest BCUT2D eigenvalue weighted by Crippen LogP contribution is -2.35. The Kier molecular flexibility index (Phi) is 4.37. The van der Waals surface area contributed by atoms with Gasteiger partial charge in [-0.3, -0.25) is 4.90 Å². The van der Waals surface area contributed by atoms with Gasteiger partial charge < -0.3 is 10.4 Å². The van der Waals surface area contributed by atoms with Crippen LogP contribution in [0.4, 0.5) is 10.1 Å². The predicted octanol–water partition coefficient (Wildman–Crippen LogP) is 2.42. The number of rotatable bonds is 5. The Morgan fingerprint density at radius 1 is 1.58 bits per heavy atom. The van der Waals surface area contributed by atoms with Gasteiger partial charge in [-0.25, -0.2) is 9.18 Å². The second-order valence-corrected chi connectivity index (χ2v) is 4.77. The lowest BCUT2D eigenvalue weighted by molar-refractivity contribution is 0.0697. The molecule has 104 valence electrons. The third-order valence-electron chi connectivity index (χ3n) is 3.66. The number of nitrogens with zero attached hydrogens (tertiary/aromatic N) is 1. The van der Waals surface area contributed by atoms with Crippen molar-refractivity contribution in [3.05, 3.63) is 29.6 Å². The summed E-state index contributed by atoms with van der Waals surface area (Å²) in [5.41, 5.74) is 0.0824. The molecule has 0 radical (unpaired) electrons. The summed E-state index contributed by atoms with van der Waals surface area (Å²) >= 11 is 0. The minimum atomic E-state index is -1.11. The molecule has 4 nitrogen and oxygen atoms in total. The normalized spacial score (nSPS) is 19.6. The summed E-state index contributed by atoms with van der Waals surface area (Å²) in [4.78, 5) is 13.4. The summed E-state index contributed by atoms with van der Waals surface area (Å²) in [6.07, 6.45) is 2.21. The third-order valence-corrected chi connectivity index (χ3v) is 3.66. The van der Waals surface area contributed by atoms with Crippen LogP contribution in [0.2, 0.25) is 0 Å². The molecule has 1 aromatic rings. The number of hydrogen-bond acceptors (Lipinski definition) is 3. The van der Waals surface area contributed by atoms with E-state index >= 15 is 0 Å². The molecule has 1 fully saturated rings. The summed E-state index contributed by atoms with van der Waals surface area (Å²) in [5, 5.41) is 12.0. The number of likely N-dealkylation sites (N-methyl/N-ethyl adjacent to an activating group) is 1. The largest absolute Gasteiger partial charge is 0.478 e. The van der Waals surface area contributed by atoms with Crippen LogP contribution in [0.3, 0.4) is 0 Å². The first-order valence-corrected chi connectivity index (χ1v) is 6.63. The molecule has 1 aliphatic heterocycles. The van der Waals surface area contributed by atoms with E-state index < -0.39 is 11.8 Å². The molecule has 2 N–H and O–H groups in total. The Labute approximate surface area is 112 Å². The van der Waals surface area contributed by atoms with Crippen LogP contribution >= 0.6 is 0 Å². The van der Waals surface area contributed by atoms with Crippen LogP contribution in [0, 0.1) is 5.82 Å². The smallest absolute Gasteiger partial charge is 0.337 e. The van der Waals surface area contributed by atoms with Gasteiger partial charge in [-0.2, -0.15) is 0 Å². The minimum absolute atomic E-state index is 0.0129. The minimum Gasteiger partial charge on any atom is -0.478 e. The van der Waals surface area contributed by atoms with E-state index in [1.807, 2.05) is 0 Å². The number of halogens is 1. The fourth-order valence-electron chi connectivity index (χ4n) is 2.64. The highest BCUT2D eigenvalue weighted by molar-refractivity contribution is 5.94. The first kappa shape index (κ1) is 13.8. The van der Waals surface area contributed by atoms with Crippen LogP contribution in [-0.4, -0.2) is 41.7 Å². The quantitative estimate of drug-likeness (QED) is 0.859. The molecule has 19 heavy (non-hydrogen) atoms. The van der Waals surface area contributed by atoms with Gasteiger partial charge in [-0.15, -0.1) is 0 Å². The highest BCUT2D eigenvalue weighted by atomic mass is 19.1. The second-order valence-electron chi connectivity index (χ2n) is 4.77. The van der Waals surface area contributed by atoms with Crippen molar-refractivity contribution in [1.29, 1.82) is 0 Å². The molecule has 1 heterocycles. The number of para-hydroxylation sites is 1. The number of nitrogens with one attached hydrogen (secondary N) is 1. The van der Waals surface area contributed by atoms with Gasteiger partial charge in [0.1, 0.15) is 5.82 Å². The molecule has 1 atom stereocenters. The van der Waals surface area contributed by atoms with E-state index in [0.717, 1.165) is 25.9 Å². The fourth-order valence-corrected chi connectivity index (χ4v) is 2.64. The maximum absolute atomic E-state index is 13.7. The molecule has 0 aliphatic carbocycles. The van der Waals surface area contributed by atoms with E-state index in [9.17, 15) is 9.18 Å². The van der Waals surface area contributed by atoms with E-state index in [1.165, 1.54) is 18.2 Å². The van der Waals surface area contributed by atoms with Crippen molar-refractivity contribution in [2.75, 3.05) is 25.0 Å². The molecule has 1 aromatic carbocycles. The predicted molar refractivity (Wildman–Crippen MR) is 72.1 cm³/mol. The summed E-state index contributed by atoms with van der Waals surface area (Å²) < 4.78 is 13.7. The van der Waals surface area contributed by atoms with Gasteiger partial charge in [0.2, 0.25) is 0 Å². The van der Waals surface area contributed by atoms with Crippen LogP contribution in [0.25, 0.3) is 0 Å². The molecule has 5 heteroatoms. The average molecular weight is 266 g/mol. The highest BCUT2D eigenvalue weighted by Gasteiger charge is 2.23. The lowest BCUT2D eigenvalue weighted by Gasteiger charge is -2.23. The zero-order valence-electron chi connectivity index (χ0n) is 11.0. The first-order valence-electron chi connectivity index (χ1n) is 6.63. The molecule has 0 aromatic heterocycles. The van der Waals surface area contributed by atoms with Crippen molar-refractivity contribution in [1.82, 2.24) is 4.90 Å². The third kappa shape index (κ3) is 3.04. The van der Waals surface area contributed by atoms with Gasteiger partial charge in [0.15, 0.2) is 0 Å². The Morgan fingerprint density at radius 3 is 3.05 bits per heavy atom. The van der Waals surface area contributed by atoms with Crippen molar-refractivity contribution >= 4 is 11.7 Å². The van der Waals surface area contributed by atoms with Crippen molar-refractivity contribution in [2.24, 2.45) is 0 Å². The molecule has 0 amide bonds. The monoisotopic (exact) mass is 266 g/mol. The van der Waals surface area contributed by atoms with E-state index in [1.54, 1.807) is 0 Å². The second kappa shape index (κ2) is 6.02. The molecular weight excluding hydrogens is 247 g/mol. The lowest BCUT2D eigenvalue weighted by atomic mass is 10.1. The molecule has 2 rings (SSSR count). The van der Waals surface area contributed by atoms with Gasteiger partial charge in [-0.05, 0) is 38.1 Å². The number of anilines is 1. The van der Waals surface area contributed by atoms with Crippen molar-refractivity contribution < 1.29 is 14.3 Å². The van der Waals surface area contributed by atoms with E-state index in [2.05, 4.69) is 17.1 Å². The Bertz CT molecular complexity index is 465. The first-order chi connectivity index (χ1) is 9.13. The maximum atomic E-state index is 13.7. The van der Waals surface area contributed by atoms with Crippen molar-refractivity contribution in [3.8, 4) is 0 Å². The summed E-state index contributed by atoms with van der Waals surface area (Å²) in [6.45, 7) is 4.71. The van der Waals surface area contributed by atoms with Crippen LogP contribution in [-0.2, 0) is 0 Å². The van der Waals surface area contributed by atoms with Gasteiger partial charge in [0.25, 0.3) is 0 Å². The average Bonchev–Trinajstić information content (AvgIpc) is 2.84. The molecular formula is C14H19FN2O2. The number of carboxylic acid groups (broad SMARTS) is 1. The number of carbonyl (C=O) groups is 1.